The Morgan fingerprint density at radius 3 is 2.03 bits per heavy atom. The first-order valence-electron chi connectivity index (χ1n) is 10.7. The summed E-state index contributed by atoms with van der Waals surface area (Å²) in [7, 11) is -3.54. The fraction of sp³-hybridized carbons (Fsp3) is 0.292. The lowest BCUT2D eigenvalue weighted by Crippen LogP contribution is -2.23. The third kappa shape index (κ3) is 9.18. The van der Waals surface area contributed by atoms with E-state index < -0.39 is 20.0 Å². The fourth-order valence-electron chi connectivity index (χ4n) is 3.13. The van der Waals surface area contributed by atoms with Gasteiger partial charge in [0.05, 0.1) is 17.2 Å². The topological polar surface area (TPSA) is 137 Å². The Labute approximate surface area is 206 Å². The minimum atomic E-state index is -3.24. The van der Waals surface area contributed by atoms with Crippen LogP contribution in [-0.4, -0.2) is 53.3 Å². The van der Waals surface area contributed by atoms with Crippen molar-refractivity contribution in [2.24, 2.45) is 0 Å². The largest absolute Gasteiger partial charge is 0.361 e. The van der Waals surface area contributed by atoms with Crippen molar-refractivity contribution in [1.82, 2.24) is 14.4 Å². The lowest BCUT2D eigenvalue weighted by atomic mass is 10.1. The first kappa shape index (κ1) is 28.1. The number of aromatic amines is 1. The maximum atomic E-state index is 11.3. The van der Waals surface area contributed by atoms with Crippen molar-refractivity contribution >= 4 is 42.5 Å². The SMILES string of the molecule is C#Cc1cc(CCS(=O)(=O)NC)ccc1NC(C)=O.CNS(=O)(=O)CCc1ccc2[nH]ccc2c1. The van der Waals surface area contributed by atoms with Gasteiger partial charge in [-0.25, -0.2) is 26.3 Å². The van der Waals surface area contributed by atoms with Crippen LogP contribution in [0.1, 0.15) is 23.6 Å². The monoisotopic (exact) mass is 518 g/mol. The van der Waals surface area contributed by atoms with E-state index in [2.05, 4.69) is 25.7 Å². The van der Waals surface area contributed by atoms with Crippen LogP contribution < -0.4 is 14.8 Å². The minimum absolute atomic E-state index is 0.00695. The summed E-state index contributed by atoms with van der Waals surface area (Å²) in [6, 6.07) is 13.0. The number of benzene rings is 2. The van der Waals surface area contributed by atoms with Crippen LogP contribution in [0.2, 0.25) is 0 Å². The molecule has 1 aromatic heterocycles. The number of anilines is 1. The van der Waals surface area contributed by atoms with E-state index in [1.165, 1.54) is 21.0 Å². The number of hydrogen-bond acceptors (Lipinski definition) is 5. The average Bonchev–Trinajstić information content (AvgIpc) is 3.30. The van der Waals surface area contributed by atoms with E-state index in [9.17, 15) is 21.6 Å². The van der Waals surface area contributed by atoms with E-state index in [0.717, 1.165) is 22.0 Å². The number of terminal acetylenes is 1. The van der Waals surface area contributed by atoms with Crippen molar-refractivity contribution < 1.29 is 21.6 Å². The summed E-state index contributed by atoms with van der Waals surface area (Å²) in [6.45, 7) is 1.40. The normalized spacial score (nSPS) is 11.4. The molecule has 0 spiro atoms. The molecule has 0 fully saturated rings. The zero-order valence-corrected chi connectivity index (χ0v) is 21.5. The van der Waals surface area contributed by atoms with Gasteiger partial charge >= 0.3 is 0 Å². The summed E-state index contributed by atoms with van der Waals surface area (Å²) in [5.74, 6) is 2.38. The van der Waals surface area contributed by atoms with Crippen molar-refractivity contribution in [1.29, 1.82) is 0 Å². The first-order valence-corrected chi connectivity index (χ1v) is 14.0. The van der Waals surface area contributed by atoms with Crippen molar-refractivity contribution in [3.05, 3.63) is 65.4 Å². The number of hydrogen-bond donors (Lipinski definition) is 4. The number of rotatable bonds is 9. The summed E-state index contributed by atoms with van der Waals surface area (Å²) in [5.41, 5.74) is 4.00. The second-order valence-corrected chi connectivity index (χ2v) is 11.7. The standard InChI is InChI=1S/C13H16N2O3S.C11H14N2O2S/c1-4-12-9-11(7-8-19(17,18)14-3)5-6-13(12)15-10(2)16;1-12-16(14,15)7-5-9-2-3-11-10(8-9)4-6-13-11/h1,5-6,9,14H,7-8H2,2-3H3,(H,15,16);2-4,6,8,12-13H,5,7H2,1H3. The van der Waals surface area contributed by atoms with Crippen LogP contribution in [-0.2, 0) is 37.7 Å². The first-order chi connectivity index (χ1) is 16.5. The van der Waals surface area contributed by atoms with Gasteiger partial charge < -0.3 is 10.3 Å². The molecule has 0 bridgehead atoms. The van der Waals surface area contributed by atoms with Gasteiger partial charge in [0.2, 0.25) is 26.0 Å². The molecule has 188 valence electrons. The van der Waals surface area contributed by atoms with E-state index in [4.69, 9.17) is 6.42 Å². The van der Waals surface area contributed by atoms with Gasteiger partial charge in [0, 0.05) is 24.2 Å². The number of nitrogens with one attached hydrogen (secondary N) is 4. The zero-order valence-electron chi connectivity index (χ0n) is 19.9. The molecular weight excluding hydrogens is 488 g/mol. The number of amides is 1. The highest BCUT2D eigenvalue weighted by Gasteiger charge is 2.09. The van der Waals surface area contributed by atoms with Gasteiger partial charge in [-0.3, -0.25) is 4.79 Å². The Balaban J connectivity index is 0.000000250. The van der Waals surface area contributed by atoms with Crippen LogP contribution in [0.3, 0.4) is 0 Å². The van der Waals surface area contributed by atoms with Gasteiger partial charge in [-0.15, -0.1) is 6.42 Å². The Morgan fingerprint density at radius 1 is 0.914 bits per heavy atom. The van der Waals surface area contributed by atoms with Gasteiger partial charge in [0.1, 0.15) is 0 Å². The van der Waals surface area contributed by atoms with Crippen molar-refractivity contribution in [3.8, 4) is 12.3 Å². The predicted octanol–water partition coefficient (Wildman–Crippen LogP) is 1.98. The van der Waals surface area contributed by atoms with E-state index in [0.29, 0.717) is 24.1 Å². The molecular formula is C24H30N4O5S2. The fourth-order valence-corrected chi connectivity index (χ4v) is 4.55. The summed E-state index contributed by atoms with van der Waals surface area (Å²) >= 11 is 0. The molecule has 0 unspecified atom stereocenters. The van der Waals surface area contributed by atoms with Gasteiger partial charge in [0.15, 0.2) is 0 Å². The van der Waals surface area contributed by atoms with E-state index in [-0.39, 0.29) is 17.4 Å². The molecule has 3 rings (SSSR count). The van der Waals surface area contributed by atoms with Crippen LogP contribution in [0.5, 0.6) is 0 Å². The Kier molecular flexibility index (Phi) is 10.0. The van der Waals surface area contributed by atoms with Crippen molar-refractivity contribution in [3.63, 3.8) is 0 Å². The number of carbonyl (C=O) groups excluding carboxylic acids is 1. The molecule has 0 aliphatic rings. The predicted molar refractivity (Wildman–Crippen MR) is 140 cm³/mol. The summed E-state index contributed by atoms with van der Waals surface area (Å²) in [6.07, 6.45) is 8.14. The lowest BCUT2D eigenvalue weighted by Gasteiger charge is -2.08. The molecule has 3 aromatic rings. The Hall–Kier alpha value is -3.17. The van der Waals surface area contributed by atoms with Gasteiger partial charge in [-0.05, 0) is 73.8 Å². The maximum Gasteiger partial charge on any atom is 0.221 e. The second-order valence-electron chi connectivity index (χ2n) is 7.65. The molecule has 0 saturated heterocycles. The van der Waals surface area contributed by atoms with Gasteiger partial charge in [0.25, 0.3) is 0 Å². The molecule has 35 heavy (non-hydrogen) atoms. The molecule has 0 atom stereocenters. The number of carbonyl (C=O) groups is 1. The van der Waals surface area contributed by atoms with Gasteiger partial charge in [-0.1, -0.05) is 18.1 Å². The molecule has 4 N–H and O–H groups in total. The smallest absolute Gasteiger partial charge is 0.221 e. The van der Waals surface area contributed by atoms with Crippen LogP contribution in [0.15, 0.2) is 48.7 Å². The molecule has 0 radical (unpaired) electrons. The lowest BCUT2D eigenvalue weighted by molar-refractivity contribution is -0.114. The molecule has 9 nitrogen and oxygen atoms in total. The highest BCUT2D eigenvalue weighted by atomic mass is 32.2. The van der Waals surface area contributed by atoms with E-state index >= 15 is 0 Å². The molecule has 0 aliphatic carbocycles. The highest BCUT2D eigenvalue weighted by Crippen LogP contribution is 2.17. The van der Waals surface area contributed by atoms with Crippen LogP contribution >= 0.6 is 0 Å². The van der Waals surface area contributed by atoms with E-state index in [1.807, 2.05) is 30.5 Å². The zero-order chi connectivity index (χ0) is 26.1. The summed E-state index contributed by atoms with van der Waals surface area (Å²) in [5, 5.41) is 3.73. The Morgan fingerprint density at radius 2 is 1.49 bits per heavy atom. The molecule has 1 heterocycles. The summed E-state index contributed by atoms with van der Waals surface area (Å²) < 4.78 is 49.8. The third-order valence-corrected chi connectivity index (χ3v) is 7.84. The van der Waals surface area contributed by atoms with Crippen LogP contribution in [0, 0.1) is 12.3 Å². The second kappa shape index (κ2) is 12.5. The van der Waals surface area contributed by atoms with E-state index in [1.54, 1.807) is 18.2 Å². The minimum Gasteiger partial charge on any atom is -0.361 e. The van der Waals surface area contributed by atoms with Crippen LogP contribution in [0.25, 0.3) is 10.9 Å². The van der Waals surface area contributed by atoms with Crippen molar-refractivity contribution in [2.45, 2.75) is 19.8 Å². The quantitative estimate of drug-likeness (QED) is 0.321. The number of fused-ring (bicyclic) bond motifs is 1. The van der Waals surface area contributed by atoms with Gasteiger partial charge in [-0.2, -0.15) is 0 Å². The maximum absolute atomic E-state index is 11.3. The number of sulfonamides is 2. The third-order valence-electron chi connectivity index (χ3n) is 5.11. The molecule has 0 aliphatic heterocycles. The molecule has 1 amide bonds. The highest BCUT2D eigenvalue weighted by molar-refractivity contribution is 7.89. The van der Waals surface area contributed by atoms with Crippen molar-refractivity contribution in [2.75, 3.05) is 30.9 Å². The molecule has 2 aromatic carbocycles. The molecule has 0 saturated carbocycles. The number of H-pyrrole nitrogens is 1. The summed E-state index contributed by atoms with van der Waals surface area (Å²) in [4.78, 5) is 14.1. The number of aromatic nitrogens is 1. The molecule has 11 heteroatoms. The van der Waals surface area contributed by atoms with Crippen LogP contribution in [0.4, 0.5) is 5.69 Å². The Bertz CT molecular complexity index is 1420. The number of aryl methyl sites for hydroxylation is 2. The average molecular weight is 519 g/mol.